The summed E-state index contributed by atoms with van der Waals surface area (Å²) in [5.41, 5.74) is 0. The van der Waals surface area contributed by atoms with Crippen LogP contribution >= 0.6 is 43.6 Å². The van der Waals surface area contributed by atoms with Crippen molar-refractivity contribution in [1.82, 2.24) is 4.72 Å². The van der Waals surface area contributed by atoms with E-state index in [1.54, 1.807) is 18.2 Å². The Balaban J connectivity index is 2.18. The third kappa shape index (κ3) is 4.00. The first kappa shape index (κ1) is 16.8. The highest BCUT2D eigenvalue weighted by atomic mass is 79.9. The van der Waals surface area contributed by atoms with Gasteiger partial charge in [-0.25, -0.2) is 13.1 Å². The summed E-state index contributed by atoms with van der Waals surface area (Å²) in [6, 6.07) is 5.15. The molecule has 0 radical (unpaired) electrons. The molecular formula is C13H17Br2NO2S2. The molecule has 3 nitrogen and oxygen atoms in total. The molecule has 0 saturated heterocycles. The van der Waals surface area contributed by atoms with Crippen LogP contribution in [0.3, 0.4) is 0 Å². The maximum Gasteiger partial charge on any atom is 0.241 e. The molecular weight excluding hydrogens is 426 g/mol. The van der Waals surface area contributed by atoms with Crippen LogP contribution in [-0.2, 0) is 10.0 Å². The van der Waals surface area contributed by atoms with Crippen molar-refractivity contribution in [1.29, 1.82) is 0 Å². The first-order chi connectivity index (χ1) is 9.44. The molecule has 0 aromatic heterocycles. The van der Waals surface area contributed by atoms with E-state index in [2.05, 4.69) is 43.5 Å². The van der Waals surface area contributed by atoms with E-state index >= 15 is 0 Å². The summed E-state index contributed by atoms with van der Waals surface area (Å²) >= 11 is 8.50. The molecule has 1 saturated carbocycles. The van der Waals surface area contributed by atoms with Crippen molar-refractivity contribution >= 4 is 53.6 Å². The lowest BCUT2D eigenvalue weighted by Crippen LogP contribution is -2.38. The van der Waals surface area contributed by atoms with E-state index in [1.807, 2.05) is 11.8 Å². The minimum Gasteiger partial charge on any atom is -0.207 e. The predicted molar refractivity (Wildman–Crippen MR) is 91.7 cm³/mol. The van der Waals surface area contributed by atoms with Gasteiger partial charge in [0.15, 0.2) is 0 Å². The summed E-state index contributed by atoms with van der Waals surface area (Å²) < 4.78 is 29.3. The zero-order chi connectivity index (χ0) is 14.8. The maximum atomic E-state index is 12.5. The van der Waals surface area contributed by atoms with Crippen molar-refractivity contribution in [2.45, 2.75) is 42.4 Å². The van der Waals surface area contributed by atoms with Gasteiger partial charge in [-0.1, -0.05) is 29.3 Å². The Morgan fingerprint density at radius 1 is 1.35 bits per heavy atom. The van der Waals surface area contributed by atoms with Gasteiger partial charge in [-0.05, 0) is 52.7 Å². The van der Waals surface area contributed by atoms with Crippen molar-refractivity contribution in [3.8, 4) is 0 Å². The predicted octanol–water partition coefficient (Wildman–Crippen LogP) is 4.16. The van der Waals surface area contributed by atoms with Crippen LogP contribution in [0.2, 0.25) is 0 Å². The van der Waals surface area contributed by atoms with E-state index in [0.717, 1.165) is 29.5 Å². The monoisotopic (exact) mass is 441 g/mol. The second-order valence-corrected chi connectivity index (χ2v) is 9.70. The molecule has 1 aliphatic carbocycles. The van der Waals surface area contributed by atoms with Crippen molar-refractivity contribution in [3.05, 3.63) is 27.1 Å². The van der Waals surface area contributed by atoms with Gasteiger partial charge in [-0.3, -0.25) is 0 Å². The van der Waals surface area contributed by atoms with Gasteiger partial charge in [0, 0.05) is 20.2 Å². The molecule has 2 atom stereocenters. The Hall–Kier alpha value is 0.440. The Morgan fingerprint density at radius 3 is 2.75 bits per heavy atom. The number of hydrogen-bond donors (Lipinski definition) is 1. The number of rotatable bonds is 5. The van der Waals surface area contributed by atoms with Gasteiger partial charge in [0.2, 0.25) is 10.0 Å². The van der Waals surface area contributed by atoms with Crippen LogP contribution in [0.25, 0.3) is 0 Å². The van der Waals surface area contributed by atoms with Gasteiger partial charge < -0.3 is 0 Å². The van der Waals surface area contributed by atoms with Gasteiger partial charge in [-0.2, -0.15) is 11.8 Å². The first-order valence-corrected chi connectivity index (χ1v) is 10.6. The Bertz CT molecular complexity index is 578. The molecule has 0 spiro atoms. The number of sulfonamides is 1. The van der Waals surface area contributed by atoms with E-state index < -0.39 is 10.0 Å². The SMILES string of the molecule is CCSC1CCCC1NS(=O)(=O)c1ccc(Br)cc1Br. The van der Waals surface area contributed by atoms with Gasteiger partial charge in [-0.15, -0.1) is 0 Å². The Labute approximate surface area is 141 Å². The largest absolute Gasteiger partial charge is 0.241 e. The second kappa shape index (κ2) is 7.13. The van der Waals surface area contributed by atoms with Crippen LogP contribution in [0, 0.1) is 0 Å². The van der Waals surface area contributed by atoms with E-state index in [0.29, 0.717) is 14.6 Å². The zero-order valence-electron chi connectivity index (χ0n) is 11.1. The number of hydrogen-bond acceptors (Lipinski definition) is 3. The summed E-state index contributed by atoms with van der Waals surface area (Å²) in [5.74, 6) is 1.02. The molecule has 1 aliphatic rings. The quantitative estimate of drug-likeness (QED) is 0.744. The molecule has 2 rings (SSSR count). The van der Waals surface area contributed by atoms with Gasteiger partial charge >= 0.3 is 0 Å². The van der Waals surface area contributed by atoms with Crippen LogP contribution < -0.4 is 4.72 Å². The minimum atomic E-state index is -3.47. The van der Waals surface area contributed by atoms with Crippen LogP contribution in [0.5, 0.6) is 0 Å². The minimum absolute atomic E-state index is 0.0421. The van der Waals surface area contributed by atoms with Crippen molar-refractivity contribution in [2.24, 2.45) is 0 Å². The molecule has 1 N–H and O–H groups in total. The molecule has 1 fully saturated rings. The van der Waals surface area contributed by atoms with Crippen molar-refractivity contribution in [2.75, 3.05) is 5.75 Å². The fraction of sp³-hybridized carbons (Fsp3) is 0.538. The normalized spacial score (nSPS) is 23.1. The molecule has 7 heteroatoms. The lowest BCUT2D eigenvalue weighted by molar-refractivity contribution is 0.554. The second-order valence-electron chi connectivity index (χ2n) is 4.73. The summed E-state index contributed by atoms with van der Waals surface area (Å²) in [6.07, 6.45) is 3.10. The van der Waals surface area contributed by atoms with Gasteiger partial charge in [0.25, 0.3) is 0 Å². The van der Waals surface area contributed by atoms with Gasteiger partial charge in [0.05, 0.1) is 4.90 Å². The topological polar surface area (TPSA) is 46.2 Å². The third-order valence-corrected chi connectivity index (χ3v) is 7.61. The lowest BCUT2D eigenvalue weighted by atomic mass is 10.3. The number of thioether (sulfide) groups is 1. The zero-order valence-corrected chi connectivity index (χ0v) is 15.9. The highest BCUT2D eigenvalue weighted by Crippen LogP contribution is 2.32. The highest BCUT2D eigenvalue weighted by molar-refractivity contribution is 9.11. The standard InChI is InChI=1S/C13H17Br2NO2S2/c1-2-19-12-5-3-4-11(12)16-20(17,18)13-7-6-9(14)8-10(13)15/h6-8,11-12,16H,2-5H2,1H3. The number of nitrogens with one attached hydrogen (secondary N) is 1. The average molecular weight is 443 g/mol. The fourth-order valence-corrected chi connectivity index (χ4v) is 6.77. The van der Waals surface area contributed by atoms with Crippen molar-refractivity contribution < 1.29 is 8.42 Å². The summed E-state index contributed by atoms with van der Waals surface area (Å²) in [6.45, 7) is 2.11. The van der Waals surface area contributed by atoms with Crippen LogP contribution in [-0.4, -0.2) is 25.5 Å². The lowest BCUT2D eigenvalue weighted by Gasteiger charge is -2.20. The summed E-state index contributed by atoms with van der Waals surface area (Å²) in [5, 5.41) is 0.393. The number of halogens is 2. The molecule has 0 bridgehead atoms. The molecule has 0 aliphatic heterocycles. The molecule has 1 aromatic carbocycles. The highest BCUT2D eigenvalue weighted by Gasteiger charge is 2.31. The Morgan fingerprint density at radius 2 is 2.10 bits per heavy atom. The number of benzene rings is 1. The molecule has 112 valence electrons. The van der Waals surface area contributed by atoms with E-state index in [9.17, 15) is 8.42 Å². The van der Waals surface area contributed by atoms with Crippen LogP contribution in [0.4, 0.5) is 0 Å². The summed E-state index contributed by atoms with van der Waals surface area (Å²) in [7, 11) is -3.47. The first-order valence-electron chi connectivity index (χ1n) is 6.53. The maximum absolute atomic E-state index is 12.5. The smallest absolute Gasteiger partial charge is 0.207 e. The molecule has 20 heavy (non-hydrogen) atoms. The van der Waals surface area contributed by atoms with Gasteiger partial charge in [0.1, 0.15) is 0 Å². The van der Waals surface area contributed by atoms with Crippen LogP contribution in [0.1, 0.15) is 26.2 Å². The molecule has 0 heterocycles. The fourth-order valence-electron chi connectivity index (χ4n) is 2.43. The average Bonchev–Trinajstić information content (AvgIpc) is 2.76. The van der Waals surface area contributed by atoms with E-state index in [4.69, 9.17) is 0 Å². The molecule has 1 aromatic rings. The van der Waals surface area contributed by atoms with E-state index in [1.165, 1.54) is 0 Å². The molecule has 2 unspecified atom stereocenters. The summed E-state index contributed by atoms with van der Waals surface area (Å²) in [4.78, 5) is 0.299. The van der Waals surface area contributed by atoms with E-state index in [-0.39, 0.29) is 6.04 Å². The van der Waals surface area contributed by atoms with Crippen molar-refractivity contribution in [3.63, 3.8) is 0 Å². The Kier molecular flexibility index (Phi) is 5.99. The van der Waals surface area contributed by atoms with Crippen LogP contribution in [0.15, 0.2) is 32.0 Å². The third-order valence-electron chi connectivity index (χ3n) is 3.32. The molecule has 0 amide bonds.